The van der Waals surface area contributed by atoms with Crippen molar-refractivity contribution in [3.05, 3.63) is 42.2 Å². The van der Waals surface area contributed by atoms with E-state index < -0.39 is 6.10 Å². The van der Waals surface area contributed by atoms with Gasteiger partial charge in [0, 0.05) is 25.5 Å². The van der Waals surface area contributed by atoms with Gasteiger partial charge in [-0.2, -0.15) is 0 Å². The quantitative estimate of drug-likeness (QED) is 0.866. The van der Waals surface area contributed by atoms with E-state index in [9.17, 15) is 5.11 Å². The van der Waals surface area contributed by atoms with E-state index in [4.69, 9.17) is 0 Å². The predicted octanol–water partition coefficient (Wildman–Crippen LogP) is 1.35. The molecule has 0 aromatic carbocycles. The summed E-state index contributed by atoms with van der Waals surface area (Å²) in [5.74, 6) is 1.08. The van der Waals surface area contributed by atoms with Crippen molar-refractivity contribution in [3.8, 4) is 0 Å². The van der Waals surface area contributed by atoms with E-state index in [0.29, 0.717) is 5.69 Å². The molecule has 1 unspecified atom stereocenters. The summed E-state index contributed by atoms with van der Waals surface area (Å²) in [4.78, 5) is 10.9. The molecule has 18 heavy (non-hydrogen) atoms. The second-order valence-electron chi connectivity index (χ2n) is 4.58. The number of anilines is 1. The highest BCUT2D eigenvalue weighted by atomic mass is 16.3. The summed E-state index contributed by atoms with van der Waals surface area (Å²) in [6, 6.07) is 3.88. The maximum atomic E-state index is 9.44. The number of pyridine rings is 1. The second-order valence-corrected chi connectivity index (χ2v) is 4.58. The first kappa shape index (κ1) is 11.2. The fourth-order valence-corrected chi connectivity index (χ4v) is 2.23. The first-order valence-corrected chi connectivity index (χ1v) is 6.13. The Morgan fingerprint density at radius 1 is 1.28 bits per heavy atom. The molecular formula is C13H16N4O. The minimum Gasteiger partial charge on any atom is -0.387 e. The van der Waals surface area contributed by atoms with Crippen molar-refractivity contribution in [2.75, 3.05) is 11.4 Å². The lowest BCUT2D eigenvalue weighted by molar-refractivity contribution is 0.194. The van der Waals surface area contributed by atoms with Crippen LogP contribution in [0.5, 0.6) is 0 Å². The average Bonchev–Trinajstić information content (AvgIpc) is 2.86. The zero-order valence-electron chi connectivity index (χ0n) is 10.3. The number of imidazole rings is 1. The molecule has 5 heteroatoms. The smallest absolute Gasteiger partial charge is 0.128 e. The Morgan fingerprint density at radius 2 is 2.17 bits per heavy atom. The van der Waals surface area contributed by atoms with Gasteiger partial charge in [-0.3, -0.25) is 4.98 Å². The Labute approximate surface area is 106 Å². The van der Waals surface area contributed by atoms with Gasteiger partial charge in [0.15, 0.2) is 0 Å². The fourth-order valence-electron chi connectivity index (χ4n) is 2.23. The van der Waals surface area contributed by atoms with Crippen LogP contribution >= 0.6 is 0 Å². The molecule has 1 atom stereocenters. The third-order valence-electron chi connectivity index (χ3n) is 3.31. The van der Waals surface area contributed by atoms with Crippen LogP contribution in [-0.4, -0.2) is 26.2 Å². The molecule has 3 heterocycles. The molecule has 3 rings (SSSR count). The summed E-state index contributed by atoms with van der Waals surface area (Å²) in [5, 5.41) is 9.44. The molecule has 1 N–H and O–H groups in total. The number of hydrogen-bond acceptors (Lipinski definition) is 4. The van der Waals surface area contributed by atoms with Crippen LogP contribution in [0.3, 0.4) is 0 Å². The van der Waals surface area contributed by atoms with Gasteiger partial charge in [-0.05, 0) is 19.1 Å². The molecule has 5 nitrogen and oxygen atoms in total. The minimum absolute atomic E-state index is 0.515. The number of aliphatic hydroxyl groups excluding tert-OH is 1. The Morgan fingerprint density at radius 3 is 2.89 bits per heavy atom. The molecule has 0 amide bonds. The summed E-state index contributed by atoms with van der Waals surface area (Å²) in [5.41, 5.74) is 1.78. The summed E-state index contributed by atoms with van der Waals surface area (Å²) >= 11 is 0. The van der Waals surface area contributed by atoms with Crippen LogP contribution in [0.25, 0.3) is 0 Å². The van der Waals surface area contributed by atoms with E-state index in [0.717, 1.165) is 31.1 Å². The van der Waals surface area contributed by atoms with Crippen LogP contribution in [0.2, 0.25) is 0 Å². The number of rotatable bonds is 2. The number of nitrogens with zero attached hydrogens (tertiary/aromatic N) is 4. The Bertz CT molecular complexity index is 532. The normalized spacial score (nSPS) is 16.4. The Kier molecular flexibility index (Phi) is 2.76. The van der Waals surface area contributed by atoms with Crippen LogP contribution in [-0.2, 0) is 13.1 Å². The molecule has 0 aliphatic carbocycles. The molecule has 1 aliphatic heterocycles. The molecule has 94 valence electrons. The van der Waals surface area contributed by atoms with Crippen LogP contribution in [0.15, 0.2) is 30.7 Å². The van der Waals surface area contributed by atoms with Gasteiger partial charge >= 0.3 is 0 Å². The van der Waals surface area contributed by atoms with Crippen molar-refractivity contribution in [1.29, 1.82) is 0 Å². The molecule has 1 aliphatic rings. The number of aliphatic hydroxyl groups is 1. The van der Waals surface area contributed by atoms with Crippen molar-refractivity contribution >= 4 is 5.69 Å². The van der Waals surface area contributed by atoms with E-state index in [2.05, 4.69) is 19.4 Å². The Hall–Kier alpha value is -1.88. The molecule has 0 saturated carbocycles. The lowest BCUT2D eigenvalue weighted by Crippen LogP contribution is -2.33. The lowest BCUT2D eigenvalue weighted by Gasteiger charge is -2.29. The maximum absolute atomic E-state index is 9.44. The highest BCUT2D eigenvalue weighted by Gasteiger charge is 2.17. The molecule has 0 spiro atoms. The van der Waals surface area contributed by atoms with Crippen LogP contribution < -0.4 is 4.90 Å². The molecule has 0 saturated heterocycles. The highest BCUT2D eigenvalue weighted by Crippen LogP contribution is 2.20. The first-order valence-electron chi connectivity index (χ1n) is 6.13. The van der Waals surface area contributed by atoms with Crippen molar-refractivity contribution in [1.82, 2.24) is 14.5 Å². The monoisotopic (exact) mass is 244 g/mol. The third kappa shape index (κ3) is 1.97. The SMILES string of the molecule is CC(O)c1ccc(N2CCn3ccnc3C2)cn1. The van der Waals surface area contributed by atoms with Crippen LogP contribution in [0, 0.1) is 0 Å². The summed E-state index contributed by atoms with van der Waals surface area (Å²) in [6.45, 7) is 4.44. The summed E-state index contributed by atoms with van der Waals surface area (Å²) in [7, 11) is 0. The van der Waals surface area contributed by atoms with Crippen molar-refractivity contribution in [2.45, 2.75) is 26.1 Å². The topological polar surface area (TPSA) is 54.2 Å². The fraction of sp³-hybridized carbons (Fsp3) is 0.385. The number of hydrogen-bond donors (Lipinski definition) is 1. The zero-order chi connectivity index (χ0) is 12.5. The van der Waals surface area contributed by atoms with Crippen molar-refractivity contribution in [2.24, 2.45) is 0 Å². The van der Waals surface area contributed by atoms with Crippen LogP contribution in [0.1, 0.15) is 24.5 Å². The summed E-state index contributed by atoms with van der Waals surface area (Å²) < 4.78 is 2.17. The average molecular weight is 244 g/mol. The zero-order valence-corrected chi connectivity index (χ0v) is 10.3. The molecule has 0 radical (unpaired) electrons. The number of aromatic nitrogens is 3. The highest BCUT2D eigenvalue weighted by molar-refractivity contribution is 5.45. The lowest BCUT2D eigenvalue weighted by atomic mass is 10.2. The van der Waals surface area contributed by atoms with Gasteiger partial charge in [-0.25, -0.2) is 4.98 Å². The van der Waals surface area contributed by atoms with Gasteiger partial charge in [-0.1, -0.05) is 0 Å². The van der Waals surface area contributed by atoms with Crippen molar-refractivity contribution in [3.63, 3.8) is 0 Å². The van der Waals surface area contributed by atoms with Crippen LogP contribution in [0.4, 0.5) is 5.69 Å². The van der Waals surface area contributed by atoms with Gasteiger partial charge in [0.2, 0.25) is 0 Å². The maximum Gasteiger partial charge on any atom is 0.128 e. The van der Waals surface area contributed by atoms with Gasteiger partial charge in [0.05, 0.1) is 30.2 Å². The van der Waals surface area contributed by atoms with E-state index in [1.807, 2.05) is 30.7 Å². The van der Waals surface area contributed by atoms with E-state index in [1.165, 1.54) is 0 Å². The number of fused-ring (bicyclic) bond motifs is 1. The van der Waals surface area contributed by atoms with Gasteiger partial charge in [0.25, 0.3) is 0 Å². The predicted molar refractivity (Wildman–Crippen MR) is 68.1 cm³/mol. The molecule has 0 fully saturated rings. The van der Waals surface area contributed by atoms with E-state index in [1.54, 1.807) is 6.92 Å². The minimum atomic E-state index is -0.515. The van der Waals surface area contributed by atoms with E-state index in [-0.39, 0.29) is 0 Å². The van der Waals surface area contributed by atoms with Gasteiger partial charge in [0.1, 0.15) is 5.82 Å². The molecule has 0 bridgehead atoms. The standard InChI is InChI=1S/C13H16N4O/c1-10(18)12-3-2-11(8-15-12)17-7-6-16-5-4-14-13(16)9-17/h2-5,8,10,18H,6-7,9H2,1H3. The van der Waals surface area contributed by atoms with Crippen molar-refractivity contribution < 1.29 is 5.11 Å². The van der Waals surface area contributed by atoms with E-state index >= 15 is 0 Å². The molecule has 2 aromatic heterocycles. The Balaban J connectivity index is 1.80. The molecular weight excluding hydrogens is 228 g/mol. The first-order chi connectivity index (χ1) is 8.74. The second kappa shape index (κ2) is 4.42. The largest absolute Gasteiger partial charge is 0.387 e. The third-order valence-corrected chi connectivity index (χ3v) is 3.31. The summed E-state index contributed by atoms with van der Waals surface area (Å²) in [6.07, 6.45) is 5.16. The van der Waals surface area contributed by atoms with Gasteiger partial charge < -0.3 is 14.6 Å². The molecule has 2 aromatic rings. The van der Waals surface area contributed by atoms with Gasteiger partial charge in [-0.15, -0.1) is 0 Å².